The summed E-state index contributed by atoms with van der Waals surface area (Å²) in [5, 5.41) is 7.56. The lowest BCUT2D eigenvalue weighted by Gasteiger charge is -2.14. The van der Waals surface area contributed by atoms with Crippen molar-refractivity contribution in [1.82, 2.24) is 14.8 Å². The highest BCUT2D eigenvalue weighted by Crippen LogP contribution is 2.34. The molecule has 3 aromatic rings. The molecule has 1 aliphatic heterocycles. The van der Waals surface area contributed by atoms with Crippen LogP contribution in [0.25, 0.3) is 5.69 Å². The molecule has 0 saturated carbocycles. The molecule has 7 heteroatoms. The minimum atomic E-state index is -0.358. The number of hydrogen-bond donors (Lipinski definition) is 1. The number of carbonyl (C=O) groups excluding carboxylic acids is 1. The number of rotatable bonds is 3. The Balaban J connectivity index is 1.64. The molecule has 2 heterocycles. The van der Waals surface area contributed by atoms with Gasteiger partial charge in [-0.05, 0) is 24.3 Å². The molecule has 0 aliphatic carbocycles. The van der Waals surface area contributed by atoms with Gasteiger partial charge in [-0.25, -0.2) is 9.67 Å². The molecule has 0 radical (unpaired) electrons. The number of hydrogen-bond acceptors (Lipinski definition) is 4. The highest BCUT2D eigenvalue weighted by molar-refractivity contribution is 6.31. The maximum absolute atomic E-state index is 12.7. The second-order valence-electron chi connectivity index (χ2n) is 5.39. The smallest absolute Gasteiger partial charge is 0.235 e. The molecule has 1 atom stereocenters. The van der Waals surface area contributed by atoms with Gasteiger partial charge in [0, 0.05) is 10.6 Å². The molecule has 0 fully saturated rings. The van der Waals surface area contributed by atoms with Crippen molar-refractivity contribution in [3.63, 3.8) is 0 Å². The second-order valence-corrected chi connectivity index (χ2v) is 5.83. The lowest BCUT2D eigenvalue weighted by Crippen LogP contribution is -2.23. The summed E-state index contributed by atoms with van der Waals surface area (Å²) in [7, 11) is 0. The van der Waals surface area contributed by atoms with Crippen molar-refractivity contribution in [1.29, 1.82) is 0 Å². The summed E-state index contributed by atoms with van der Waals surface area (Å²) >= 11 is 6.08. The molecule has 4 rings (SSSR count). The van der Waals surface area contributed by atoms with Gasteiger partial charge in [0.05, 0.1) is 11.4 Å². The van der Waals surface area contributed by atoms with Gasteiger partial charge in [0.15, 0.2) is 0 Å². The third-order valence-corrected chi connectivity index (χ3v) is 4.13. The number of nitrogens with one attached hydrogen (secondary N) is 1. The number of halogens is 1. The van der Waals surface area contributed by atoms with Crippen LogP contribution in [0.3, 0.4) is 0 Å². The molecule has 1 aliphatic rings. The first-order chi connectivity index (χ1) is 11.7. The summed E-state index contributed by atoms with van der Waals surface area (Å²) in [5.74, 6) is 0.243. The van der Waals surface area contributed by atoms with E-state index >= 15 is 0 Å². The van der Waals surface area contributed by atoms with Gasteiger partial charge in [0.25, 0.3) is 0 Å². The van der Waals surface area contributed by atoms with Crippen LogP contribution in [0.2, 0.25) is 5.02 Å². The predicted octanol–water partition coefficient (Wildman–Crippen LogP) is 3.04. The molecular weight excluding hydrogens is 328 g/mol. The summed E-state index contributed by atoms with van der Waals surface area (Å²) < 4.78 is 7.16. The van der Waals surface area contributed by atoms with Gasteiger partial charge < -0.3 is 10.1 Å². The van der Waals surface area contributed by atoms with Crippen LogP contribution in [-0.2, 0) is 4.79 Å². The van der Waals surface area contributed by atoms with Gasteiger partial charge in [0.1, 0.15) is 30.9 Å². The van der Waals surface area contributed by atoms with Gasteiger partial charge in [-0.3, -0.25) is 4.79 Å². The topological polar surface area (TPSA) is 69.0 Å². The number of aromatic nitrogens is 3. The van der Waals surface area contributed by atoms with Crippen molar-refractivity contribution < 1.29 is 9.53 Å². The summed E-state index contributed by atoms with van der Waals surface area (Å²) in [4.78, 5) is 16.7. The lowest BCUT2D eigenvalue weighted by molar-refractivity contribution is -0.117. The van der Waals surface area contributed by atoms with Crippen LogP contribution < -0.4 is 10.1 Å². The van der Waals surface area contributed by atoms with Crippen LogP contribution in [0.4, 0.5) is 5.69 Å². The number of amides is 1. The van der Waals surface area contributed by atoms with Crippen LogP contribution in [0.5, 0.6) is 5.75 Å². The van der Waals surface area contributed by atoms with E-state index in [1.54, 1.807) is 29.2 Å². The van der Waals surface area contributed by atoms with Crippen LogP contribution in [0.15, 0.2) is 55.1 Å². The quantitative estimate of drug-likeness (QED) is 0.795. The Kier molecular flexibility index (Phi) is 3.66. The summed E-state index contributed by atoms with van der Waals surface area (Å²) in [5.41, 5.74) is 2.15. The minimum Gasteiger partial charge on any atom is -0.492 e. The SMILES string of the molecule is O=C(Nc1cc(Cl)ccc1-n1cncn1)[C@H]1COc2ccccc21. The molecule has 0 spiro atoms. The van der Waals surface area contributed by atoms with E-state index in [1.165, 1.54) is 6.33 Å². The molecule has 0 saturated heterocycles. The second kappa shape index (κ2) is 5.98. The Morgan fingerprint density at radius 2 is 2.17 bits per heavy atom. The zero-order valence-corrected chi connectivity index (χ0v) is 13.3. The highest BCUT2D eigenvalue weighted by atomic mass is 35.5. The van der Waals surface area contributed by atoms with E-state index in [4.69, 9.17) is 16.3 Å². The van der Waals surface area contributed by atoms with Crippen molar-refractivity contribution in [2.24, 2.45) is 0 Å². The lowest BCUT2D eigenvalue weighted by atomic mass is 10.0. The normalized spacial score (nSPS) is 15.6. The maximum atomic E-state index is 12.7. The van der Waals surface area contributed by atoms with E-state index in [0.29, 0.717) is 23.0 Å². The summed E-state index contributed by atoms with van der Waals surface area (Å²) in [6.45, 7) is 0.324. The van der Waals surface area contributed by atoms with Crippen molar-refractivity contribution in [3.05, 3.63) is 65.7 Å². The molecule has 0 unspecified atom stereocenters. The van der Waals surface area contributed by atoms with Crippen LogP contribution in [-0.4, -0.2) is 27.3 Å². The number of anilines is 1. The molecule has 2 aromatic carbocycles. The van der Waals surface area contributed by atoms with Gasteiger partial charge in [-0.15, -0.1) is 0 Å². The zero-order valence-electron chi connectivity index (χ0n) is 12.5. The third-order valence-electron chi connectivity index (χ3n) is 3.90. The fraction of sp³-hybridized carbons (Fsp3) is 0.118. The van der Waals surface area contributed by atoms with Crippen LogP contribution in [0, 0.1) is 0 Å². The van der Waals surface area contributed by atoms with E-state index in [9.17, 15) is 4.79 Å². The van der Waals surface area contributed by atoms with Crippen LogP contribution >= 0.6 is 11.6 Å². The Morgan fingerprint density at radius 1 is 1.29 bits per heavy atom. The number of benzene rings is 2. The van der Waals surface area contributed by atoms with Gasteiger partial charge in [-0.2, -0.15) is 5.10 Å². The molecule has 1 amide bonds. The molecular formula is C17H13ClN4O2. The fourth-order valence-corrected chi connectivity index (χ4v) is 2.91. The molecule has 120 valence electrons. The first-order valence-corrected chi connectivity index (χ1v) is 7.77. The van der Waals surface area contributed by atoms with E-state index in [0.717, 1.165) is 11.3 Å². The Hall–Kier alpha value is -2.86. The molecule has 24 heavy (non-hydrogen) atoms. The fourth-order valence-electron chi connectivity index (χ4n) is 2.74. The Bertz CT molecular complexity index is 895. The monoisotopic (exact) mass is 340 g/mol. The number of ether oxygens (including phenoxy) is 1. The Labute approximate surface area is 143 Å². The number of para-hydroxylation sites is 1. The van der Waals surface area contributed by atoms with E-state index in [1.807, 2.05) is 24.3 Å². The van der Waals surface area contributed by atoms with Crippen molar-refractivity contribution in [2.45, 2.75) is 5.92 Å². The number of fused-ring (bicyclic) bond motifs is 1. The maximum Gasteiger partial charge on any atom is 0.235 e. The third kappa shape index (κ3) is 2.61. The number of carbonyl (C=O) groups is 1. The molecule has 1 N–H and O–H groups in total. The van der Waals surface area contributed by atoms with Gasteiger partial charge >= 0.3 is 0 Å². The first-order valence-electron chi connectivity index (χ1n) is 7.39. The average Bonchev–Trinajstić information content (AvgIpc) is 3.24. The minimum absolute atomic E-state index is 0.149. The van der Waals surface area contributed by atoms with Gasteiger partial charge in [-0.1, -0.05) is 29.8 Å². The van der Waals surface area contributed by atoms with Crippen molar-refractivity contribution >= 4 is 23.2 Å². The van der Waals surface area contributed by atoms with Crippen LogP contribution in [0.1, 0.15) is 11.5 Å². The average molecular weight is 341 g/mol. The largest absolute Gasteiger partial charge is 0.492 e. The highest BCUT2D eigenvalue weighted by Gasteiger charge is 2.30. The standard InChI is InChI=1S/C17H13ClN4O2/c18-11-5-6-15(22-10-19-9-20-22)14(7-11)21-17(23)13-8-24-16-4-2-1-3-12(13)16/h1-7,9-10,13H,8H2,(H,21,23)/t13-/m0/s1. The summed E-state index contributed by atoms with van der Waals surface area (Å²) in [6.07, 6.45) is 2.99. The first kappa shape index (κ1) is 14.7. The zero-order chi connectivity index (χ0) is 16.5. The molecule has 1 aromatic heterocycles. The van der Waals surface area contributed by atoms with E-state index in [-0.39, 0.29) is 11.8 Å². The number of nitrogens with zero attached hydrogens (tertiary/aromatic N) is 3. The van der Waals surface area contributed by atoms with Crippen molar-refractivity contribution in [2.75, 3.05) is 11.9 Å². The molecule has 0 bridgehead atoms. The van der Waals surface area contributed by atoms with E-state index < -0.39 is 0 Å². The van der Waals surface area contributed by atoms with Gasteiger partial charge in [0.2, 0.25) is 5.91 Å². The van der Waals surface area contributed by atoms with E-state index in [2.05, 4.69) is 15.4 Å². The summed E-state index contributed by atoms with van der Waals surface area (Å²) in [6, 6.07) is 12.8. The van der Waals surface area contributed by atoms with Crippen molar-refractivity contribution in [3.8, 4) is 11.4 Å². The Morgan fingerprint density at radius 3 is 3.00 bits per heavy atom. The predicted molar refractivity (Wildman–Crippen MR) is 89.7 cm³/mol. The molecule has 6 nitrogen and oxygen atoms in total.